The van der Waals surface area contributed by atoms with Gasteiger partial charge in [0.2, 0.25) is 0 Å². The molecule has 0 bridgehead atoms. The van der Waals surface area contributed by atoms with Gasteiger partial charge in [0.25, 0.3) is 0 Å². The second-order valence-corrected chi connectivity index (χ2v) is 7.51. The highest BCUT2D eigenvalue weighted by Gasteiger charge is 2.54. The lowest BCUT2D eigenvalue weighted by Gasteiger charge is -2.16. The Hall–Kier alpha value is -1.46. The molecule has 0 unspecified atom stereocenters. The Morgan fingerprint density at radius 2 is 1.48 bits per heavy atom. The van der Waals surface area contributed by atoms with E-state index in [-0.39, 0.29) is 39.7 Å². The number of rotatable bonds is 5. The van der Waals surface area contributed by atoms with Crippen LogP contribution in [0.1, 0.15) is 5.82 Å². The summed E-state index contributed by atoms with van der Waals surface area (Å²) in [6, 6.07) is 12.7. The Morgan fingerprint density at radius 3 is 1.93 bits per heavy atom. The molecule has 1 aromatic heterocycles. The Labute approximate surface area is 193 Å². The molecule has 3 aromatic rings. The van der Waals surface area contributed by atoms with Gasteiger partial charge in [-0.25, -0.2) is 4.57 Å². The number of hydrogen-bond donors (Lipinski definition) is 0. The number of alkyl halides is 4. The molecule has 0 fully saturated rings. The van der Waals surface area contributed by atoms with Crippen LogP contribution in [0.15, 0.2) is 60.7 Å². The second-order valence-electron chi connectivity index (χ2n) is 6.03. The van der Waals surface area contributed by atoms with Gasteiger partial charge in [0.1, 0.15) is 0 Å². The predicted octanol–water partition coefficient (Wildman–Crippen LogP) is 2.50. The van der Waals surface area contributed by atoms with Gasteiger partial charge in [-0.15, -0.1) is 11.8 Å². The zero-order chi connectivity index (χ0) is 20.5. The number of nitrogens with zero attached hydrogens (tertiary/aromatic N) is 2. The van der Waals surface area contributed by atoms with Crippen LogP contribution in [0.4, 0.5) is 17.6 Å². The third kappa shape index (κ3) is 4.36. The first-order chi connectivity index (χ1) is 13.3. The molecule has 0 aliphatic heterocycles. The number of benzene rings is 2. The van der Waals surface area contributed by atoms with E-state index in [4.69, 9.17) is 12.2 Å². The fraction of sp³-hybridized carbons (Fsp3) is 0.200. The second kappa shape index (κ2) is 9.57. The largest absolute Gasteiger partial charge is 1.00 e. The van der Waals surface area contributed by atoms with Crippen molar-refractivity contribution in [3.05, 3.63) is 66.5 Å². The van der Waals surface area contributed by atoms with E-state index < -0.39 is 12.5 Å². The van der Waals surface area contributed by atoms with Gasteiger partial charge in [0.15, 0.2) is 15.6 Å². The van der Waals surface area contributed by atoms with Crippen LogP contribution >= 0.6 is 24.0 Å². The monoisotopic (exact) mass is 552 g/mol. The minimum atomic E-state index is -4.44. The van der Waals surface area contributed by atoms with Crippen molar-refractivity contribution in [1.29, 1.82) is 0 Å². The first kappa shape index (κ1) is 23.8. The Kier molecular flexibility index (Phi) is 7.86. The van der Waals surface area contributed by atoms with Crippen LogP contribution in [0, 0.1) is 0 Å². The van der Waals surface area contributed by atoms with Crippen LogP contribution < -0.4 is 28.5 Å². The molecule has 3 rings (SSSR count). The molecule has 0 radical (unpaired) electrons. The van der Waals surface area contributed by atoms with Crippen LogP contribution in [-0.2, 0) is 13.1 Å². The summed E-state index contributed by atoms with van der Waals surface area (Å²) < 4.78 is 58.5. The van der Waals surface area contributed by atoms with Gasteiger partial charge in [0, 0.05) is 11.1 Å². The fourth-order valence-electron chi connectivity index (χ4n) is 3.12. The first-order valence-corrected chi connectivity index (χ1v) is 9.94. The van der Waals surface area contributed by atoms with Gasteiger partial charge in [-0.05, 0) is 6.26 Å². The van der Waals surface area contributed by atoms with Crippen LogP contribution in [0.25, 0.3) is 22.5 Å². The molecule has 0 saturated carbocycles. The zero-order valence-electron chi connectivity index (χ0n) is 15.5. The average Bonchev–Trinajstić information content (AvgIpc) is 3.02. The molecule has 0 atom stereocenters. The average molecular weight is 552 g/mol. The lowest BCUT2D eigenvalue weighted by atomic mass is 10.0. The molecule has 29 heavy (non-hydrogen) atoms. The maximum absolute atomic E-state index is 14.8. The number of hydrogen-bond acceptors (Lipinski definition) is 2. The van der Waals surface area contributed by atoms with E-state index in [0.29, 0.717) is 21.4 Å². The minimum Gasteiger partial charge on any atom is -1.00 e. The van der Waals surface area contributed by atoms with E-state index in [0.717, 1.165) is 11.8 Å². The number of thiocarbonyl (C=S) groups is 1. The van der Waals surface area contributed by atoms with Crippen molar-refractivity contribution in [3.63, 3.8) is 0 Å². The molecule has 2 nitrogen and oxygen atoms in total. The topological polar surface area (TPSA) is 8.81 Å². The Morgan fingerprint density at radius 1 is 1.00 bits per heavy atom. The molecule has 0 aliphatic carbocycles. The van der Waals surface area contributed by atoms with E-state index in [1.54, 1.807) is 74.0 Å². The molecule has 0 aliphatic rings. The number of thioether (sulfide) groups is 1. The summed E-state index contributed by atoms with van der Waals surface area (Å²) in [5.41, 5.74) is 1.40. The number of aromatic nitrogens is 2. The van der Waals surface area contributed by atoms with E-state index in [1.807, 2.05) is 0 Å². The quantitative estimate of drug-likeness (QED) is 0.208. The summed E-state index contributed by atoms with van der Waals surface area (Å²) in [7, 11) is 1.56. The predicted molar refractivity (Wildman–Crippen MR) is 108 cm³/mol. The highest BCUT2D eigenvalue weighted by molar-refractivity contribution is 8.23. The normalized spacial score (nSPS) is 11.4. The van der Waals surface area contributed by atoms with Crippen molar-refractivity contribution in [1.82, 2.24) is 4.57 Å². The van der Waals surface area contributed by atoms with Crippen molar-refractivity contribution < 1.29 is 46.1 Å². The van der Waals surface area contributed by atoms with Crippen LogP contribution in [0.2, 0.25) is 0 Å². The lowest BCUT2D eigenvalue weighted by Crippen LogP contribution is -3.00. The summed E-state index contributed by atoms with van der Waals surface area (Å²) in [6.45, 7) is 0. The molecular formula is C20H17F4IN2S2. The van der Waals surface area contributed by atoms with E-state index in [1.165, 1.54) is 4.57 Å². The third-order valence-corrected chi connectivity index (χ3v) is 5.57. The molecule has 154 valence electrons. The van der Waals surface area contributed by atoms with Crippen molar-refractivity contribution in [2.45, 2.75) is 12.5 Å². The molecule has 0 amide bonds. The van der Waals surface area contributed by atoms with Crippen molar-refractivity contribution in [3.8, 4) is 22.5 Å². The smallest absolute Gasteiger partial charge is 0.460 e. The number of halogens is 5. The third-order valence-electron chi connectivity index (χ3n) is 4.34. The lowest BCUT2D eigenvalue weighted by molar-refractivity contribution is -0.661. The molecule has 0 spiro atoms. The van der Waals surface area contributed by atoms with Gasteiger partial charge >= 0.3 is 18.3 Å². The van der Waals surface area contributed by atoms with Crippen molar-refractivity contribution in [2.75, 3.05) is 6.26 Å². The highest BCUT2D eigenvalue weighted by Crippen LogP contribution is 2.40. The first-order valence-electron chi connectivity index (χ1n) is 8.31. The summed E-state index contributed by atoms with van der Waals surface area (Å²) in [6.07, 6.45) is -2.26. The van der Waals surface area contributed by atoms with Gasteiger partial charge in [-0.1, -0.05) is 72.9 Å². The Balaban J connectivity index is 0.00000300. The van der Waals surface area contributed by atoms with E-state index >= 15 is 0 Å². The molecule has 9 heteroatoms. The molecule has 2 aromatic carbocycles. The Bertz CT molecular complexity index is 993. The zero-order valence-corrected chi connectivity index (χ0v) is 19.2. The maximum atomic E-state index is 14.8. The van der Waals surface area contributed by atoms with E-state index in [2.05, 4.69) is 0 Å². The maximum Gasteiger partial charge on any atom is 0.460 e. The molecule has 0 N–H and O–H groups in total. The van der Waals surface area contributed by atoms with Crippen LogP contribution in [-0.4, -0.2) is 21.4 Å². The van der Waals surface area contributed by atoms with Gasteiger partial charge in [-0.3, -0.25) is 0 Å². The standard InChI is InChI=1S/C20H17F4N2S2.HI/c1-25-15(13-9-5-3-6-10-13)16(14-11-7-4-8-12-14)26(17(25)18(27)28-2)20(23,24)19(21)22;/h3-12,19H,1-2H3;1H/q+1;/p-1. The minimum absolute atomic E-state index is 0. The number of imidazole rings is 1. The van der Waals surface area contributed by atoms with Crippen molar-refractivity contribution >= 4 is 28.2 Å². The fourth-order valence-corrected chi connectivity index (χ4v) is 3.76. The van der Waals surface area contributed by atoms with Crippen LogP contribution in [0.3, 0.4) is 0 Å². The molecular weight excluding hydrogens is 535 g/mol. The molecule has 0 saturated heterocycles. The van der Waals surface area contributed by atoms with Gasteiger partial charge in [-0.2, -0.15) is 22.1 Å². The summed E-state index contributed by atoms with van der Waals surface area (Å²) in [4.78, 5) is 0. The van der Waals surface area contributed by atoms with Gasteiger partial charge in [0.05, 0.1) is 7.05 Å². The van der Waals surface area contributed by atoms with E-state index in [9.17, 15) is 17.6 Å². The van der Waals surface area contributed by atoms with Gasteiger partial charge < -0.3 is 24.0 Å². The molecule has 1 heterocycles. The highest BCUT2D eigenvalue weighted by atomic mass is 127. The summed E-state index contributed by atoms with van der Waals surface area (Å²) >= 11 is 6.33. The summed E-state index contributed by atoms with van der Waals surface area (Å²) in [5.74, 6) is -0.134. The summed E-state index contributed by atoms with van der Waals surface area (Å²) in [5, 5.41) is 0. The SMILES string of the molecule is CSC(=S)c1n(C(F)(F)C(F)F)c(-c2ccccc2)c(-c2ccccc2)[n+]1C.[I-]. The van der Waals surface area contributed by atoms with Crippen molar-refractivity contribution in [2.24, 2.45) is 7.05 Å². The van der Waals surface area contributed by atoms with Crippen LogP contribution in [0.5, 0.6) is 0 Å².